The summed E-state index contributed by atoms with van der Waals surface area (Å²) in [5.41, 5.74) is 0.698. The standard InChI is InChI=1S/C36H36ClF2N3O4S/c37-29-13-7-25(8-14-29)24-5-11-28(12-6-24)36(38,39)33(34(43)42-20-19-40-35(23-42)17-18-35)41-47(44,45)32-16-10-26-21-31(15-9-27(26)22-32)46-30-3-1-2-4-30/h5-16,21-22,30,33,40-41H,1-4,17-20,23H2/t33-/m0/s1. The molecule has 11 heteroatoms. The van der Waals surface area contributed by atoms with Crippen molar-refractivity contribution >= 4 is 38.3 Å². The second kappa shape index (κ2) is 12.5. The van der Waals surface area contributed by atoms with Crippen LogP contribution in [0.15, 0.2) is 89.8 Å². The fraction of sp³-hybridized carbons (Fsp3) is 0.361. The Hall–Kier alpha value is -3.57. The summed E-state index contributed by atoms with van der Waals surface area (Å²) in [5.74, 6) is -4.12. The van der Waals surface area contributed by atoms with Gasteiger partial charge in [0.05, 0.1) is 11.0 Å². The zero-order chi connectivity index (χ0) is 32.8. The van der Waals surface area contributed by atoms with Crippen molar-refractivity contribution in [1.82, 2.24) is 14.9 Å². The van der Waals surface area contributed by atoms with Crippen LogP contribution in [0.5, 0.6) is 5.75 Å². The van der Waals surface area contributed by atoms with E-state index in [9.17, 15) is 13.2 Å². The van der Waals surface area contributed by atoms with E-state index >= 15 is 8.78 Å². The lowest BCUT2D eigenvalue weighted by Crippen LogP contribution is -2.61. The lowest BCUT2D eigenvalue weighted by Gasteiger charge is -2.38. The highest BCUT2D eigenvalue weighted by atomic mass is 35.5. The molecular weight excluding hydrogens is 644 g/mol. The van der Waals surface area contributed by atoms with E-state index in [0.717, 1.165) is 49.5 Å². The molecule has 4 aromatic rings. The third kappa shape index (κ3) is 6.74. The van der Waals surface area contributed by atoms with Gasteiger partial charge in [0, 0.05) is 35.8 Å². The first-order chi connectivity index (χ1) is 22.5. The smallest absolute Gasteiger partial charge is 0.298 e. The molecule has 3 fully saturated rings. The van der Waals surface area contributed by atoms with Crippen molar-refractivity contribution in [2.24, 2.45) is 0 Å². The minimum atomic E-state index is -4.56. The lowest BCUT2D eigenvalue weighted by molar-refractivity contribution is -0.145. The normalized spacial score (nSPS) is 18.8. The Labute approximate surface area is 278 Å². The van der Waals surface area contributed by atoms with E-state index in [4.69, 9.17) is 16.3 Å². The maximum absolute atomic E-state index is 16.5. The Morgan fingerprint density at radius 3 is 2.26 bits per heavy atom. The second-order valence-electron chi connectivity index (χ2n) is 12.9. The maximum atomic E-state index is 16.5. The number of piperazine rings is 1. The third-order valence-electron chi connectivity index (χ3n) is 9.57. The highest BCUT2D eigenvalue weighted by molar-refractivity contribution is 7.89. The highest BCUT2D eigenvalue weighted by Crippen LogP contribution is 2.40. The van der Waals surface area contributed by atoms with E-state index in [1.54, 1.807) is 42.5 Å². The van der Waals surface area contributed by atoms with Crippen LogP contribution in [0.3, 0.4) is 0 Å². The van der Waals surface area contributed by atoms with Crippen LogP contribution in [0.2, 0.25) is 5.02 Å². The summed E-state index contributed by atoms with van der Waals surface area (Å²) in [5, 5.41) is 5.28. The van der Waals surface area contributed by atoms with Crippen LogP contribution in [0.25, 0.3) is 21.9 Å². The average Bonchev–Trinajstić information content (AvgIpc) is 3.60. The molecule has 2 aliphatic carbocycles. The highest BCUT2D eigenvalue weighted by Gasteiger charge is 2.53. The van der Waals surface area contributed by atoms with Crippen LogP contribution >= 0.6 is 11.6 Å². The molecule has 4 aromatic carbocycles. The number of nitrogens with zero attached hydrogens (tertiary/aromatic N) is 1. The number of carbonyl (C=O) groups excluding carboxylic acids is 1. The molecule has 7 rings (SSSR count). The number of sulfonamides is 1. The Morgan fingerprint density at radius 1 is 0.936 bits per heavy atom. The number of hydrogen-bond acceptors (Lipinski definition) is 5. The van der Waals surface area contributed by atoms with Gasteiger partial charge in [-0.25, -0.2) is 8.42 Å². The molecule has 7 nitrogen and oxygen atoms in total. The van der Waals surface area contributed by atoms with Crippen LogP contribution < -0.4 is 14.8 Å². The largest absolute Gasteiger partial charge is 0.490 e. The summed E-state index contributed by atoms with van der Waals surface area (Å²) in [6.07, 6.45) is 6.13. The molecule has 47 heavy (non-hydrogen) atoms. The second-order valence-corrected chi connectivity index (χ2v) is 15.1. The molecule has 2 N–H and O–H groups in total. The SMILES string of the molecule is O=C([C@H](NS(=O)(=O)c1ccc2cc(OC3CCCC3)ccc2c1)C(F)(F)c1ccc(-c2ccc(Cl)cc2)cc1)N1CCNC2(CC2)C1. The molecule has 1 heterocycles. The first kappa shape index (κ1) is 32.0. The van der Waals surface area contributed by atoms with Crippen molar-refractivity contribution in [2.75, 3.05) is 19.6 Å². The van der Waals surface area contributed by atoms with Gasteiger partial charge < -0.3 is 15.0 Å². The molecule has 0 bridgehead atoms. The summed E-state index contributed by atoms with van der Waals surface area (Å²) in [7, 11) is -4.56. The van der Waals surface area contributed by atoms with Crippen molar-refractivity contribution in [2.45, 2.75) is 67.0 Å². The van der Waals surface area contributed by atoms with Gasteiger partial charge in [0.25, 0.3) is 5.92 Å². The summed E-state index contributed by atoms with van der Waals surface area (Å²) >= 11 is 5.99. The van der Waals surface area contributed by atoms with Gasteiger partial charge in [0.1, 0.15) is 5.75 Å². The zero-order valence-corrected chi connectivity index (χ0v) is 27.3. The van der Waals surface area contributed by atoms with Gasteiger partial charge >= 0.3 is 0 Å². The molecule has 1 aliphatic heterocycles. The van der Waals surface area contributed by atoms with Gasteiger partial charge in [-0.05, 0) is 96.8 Å². The van der Waals surface area contributed by atoms with E-state index in [0.29, 0.717) is 28.3 Å². The minimum Gasteiger partial charge on any atom is -0.490 e. The Bertz CT molecular complexity index is 1890. The summed E-state index contributed by atoms with van der Waals surface area (Å²) in [4.78, 5) is 15.1. The quantitative estimate of drug-likeness (QED) is 0.201. The molecule has 0 radical (unpaired) electrons. The van der Waals surface area contributed by atoms with Crippen molar-refractivity contribution in [3.63, 3.8) is 0 Å². The fourth-order valence-electron chi connectivity index (χ4n) is 6.65. The first-order valence-corrected chi connectivity index (χ1v) is 17.9. The maximum Gasteiger partial charge on any atom is 0.298 e. The topological polar surface area (TPSA) is 87.7 Å². The fourth-order valence-corrected chi connectivity index (χ4v) is 8.00. The van der Waals surface area contributed by atoms with Crippen molar-refractivity contribution in [3.8, 4) is 16.9 Å². The number of fused-ring (bicyclic) bond motifs is 1. The number of amides is 1. The predicted octanol–water partition coefficient (Wildman–Crippen LogP) is 6.88. The zero-order valence-electron chi connectivity index (χ0n) is 25.7. The summed E-state index contributed by atoms with van der Waals surface area (Å²) < 4.78 is 68.8. The summed E-state index contributed by atoms with van der Waals surface area (Å²) in [6, 6.07) is 20.0. The lowest BCUT2D eigenvalue weighted by atomic mass is 9.97. The molecule has 1 saturated heterocycles. The molecule has 0 aromatic heterocycles. The van der Waals surface area contributed by atoms with Crippen molar-refractivity contribution < 1.29 is 26.7 Å². The van der Waals surface area contributed by atoms with E-state index in [1.165, 1.54) is 41.3 Å². The van der Waals surface area contributed by atoms with E-state index in [1.807, 2.05) is 6.07 Å². The van der Waals surface area contributed by atoms with E-state index in [-0.39, 0.29) is 29.6 Å². The van der Waals surface area contributed by atoms with Gasteiger partial charge in [0.15, 0.2) is 6.04 Å². The van der Waals surface area contributed by atoms with Crippen LogP contribution in [0.4, 0.5) is 8.78 Å². The van der Waals surface area contributed by atoms with Gasteiger partial charge in [-0.2, -0.15) is 13.5 Å². The number of rotatable bonds is 9. The van der Waals surface area contributed by atoms with Crippen LogP contribution in [-0.4, -0.2) is 56.5 Å². The molecule has 1 spiro atoms. The van der Waals surface area contributed by atoms with Gasteiger partial charge in [0.2, 0.25) is 15.9 Å². The number of benzene rings is 4. The molecule has 1 atom stereocenters. The Morgan fingerprint density at radius 2 is 1.57 bits per heavy atom. The monoisotopic (exact) mass is 679 g/mol. The van der Waals surface area contributed by atoms with Crippen LogP contribution in [0, 0.1) is 0 Å². The van der Waals surface area contributed by atoms with Gasteiger partial charge in [-0.15, -0.1) is 0 Å². The predicted molar refractivity (Wildman–Crippen MR) is 178 cm³/mol. The van der Waals surface area contributed by atoms with Gasteiger partial charge in [-0.3, -0.25) is 4.79 Å². The summed E-state index contributed by atoms with van der Waals surface area (Å²) in [6.45, 7) is 0.895. The van der Waals surface area contributed by atoms with Gasteiger partial charge in [-0.1, -0.05) is 60.1 Å². The van der Waals surface area contributed by atoms with E-state index < -0.39 is 33.5 Å². The number of halogens is 3. The molecule has 3 aliphatic rings. The minimum absolute atomic E-state index is 0.173. The number of alkyl halides is 2. The number of ether oxygens (including phenoxy) is 1. The number of nitrogens with one attached hydrogen (secondary N) is 2. The first-order valence-electron chi connectivity index (χ1n) is 16.0. The molecule has 0 unspecified atom stereocenters. The average molecular weight is 680 g/mol. The van der Waals surface area contributed by atoms with Crippen molar-refractivity contribution in [1.29, 1.82) is 0 Å². The molecular formula is C36H36ClF2N3O4S. The van der Waals surface area contributed by atoms with Crippen molar-refractivity contribution in [3.05, 3.63) is 95.5 Å². The number of carbonyl (C=O) groups is 1. The number of hydrogen-bond donors (Lipinski definition) is 2. The Kier molecular flexibility index (Phi) is 8.49. The molecule has 2 saturated carbocycles. The van der Waals surface area contributed by atoms with Crippen LogP contribution in [-0.2, 0) is 20.7 Å². The van der Waals surface area contributed by atoms with Crippen LogP contribution in [0.1, 0.15) is 44.1 Å². The molecule has 246 valence electrons. The third-order valence-corrected chi connectivity index (χ3v) is 11.2. The Balaban J connectivity index is 1.18. The van der Waals surface area contributed by atoms with E-state index in [2.05, 4.69) is 10.0 Å². The molecule has 1 amide bonds.